The number of fused-ring (bicyclic) bond motifs is 5. The Balaban J connectivity index is 1.58. The predicted molar refractivity (Wildman–Crippen MR) is 148 cm³/mol. The number of Topliss-reactive ketones (excluding diaryl/α,β-unsaturated/α-hetero) is 3. The van der Waals surface area contributed by atoms with E-state index in [0.29, 0.717) is 11.3 Å². The predicted octanol–water partition coefficient (Wildman–Crippen LogP) is 6.93. The average Bonchev–Trinajstić information content (AvgIpc) is 3.39. The van der Waals surface area contributed by atoms with Crippen molar-refractivity contribution in [3.05, 3.63) is 142 Å². The summed E-state index contributed by atoms with van der Waals surface area (Å²) in [5.41, 5.74) is -0.178. The van der Waals surface area contributed by atoms with Crippen molar-refractivity contribution in [1.29, 1.82) is 0 Å². The number of nitrogens with zero attached hydrogens (tertiary/aromatic N) is 1. The van der Waals surface area contributed by atoms with Crippen LogP contribution in [0.25, 0.3) is 6.08 Å². The standard InChI is InChI=1S/C33H20ClF2NO3/c34-24-11-5-3-9-22(24)30(38)29-28(23-10-4-6-12-25(23)36)33(31(39)20-7-1-2-8-21(20)32(33)40)27-16-13-18-17-19(35)14-15-26(18)37(27)29/h1-17,27-29H/t27-,28-,29-/m0/s1. The topological polar surface area (TPSA) is 54.5 Å². The largest absolute Gasteiger partial charge is 0.352 e. The molecule has 4 nitrogen and oxygen atoms in total. The highest BCUT2D eigenvalue weighted by molar-refractivity contribution is 6.35. The van der Waals surface area contributed by atoms with Crippen LogP contribution in [0.4, 0.5) is 14.5 Å². The fourth-order valence-corrected chi connectivity index (χ4v) is 7.07. The lowest BCUT2D eigenvalue weighted by molar-refractivity contribution is 0.0664. The van der Waals surface area contributed by atoms with E-state index in [4.69, 9.17) is 11.6 Å². The Hall–Kier alpha value is -4.42. The minimum atomic E-state index is -1.85. The molecule has 196 valence electrons. The van der Waals surface area contributed by atoms with Gasteiger partial charge in [0, 0.05) is 33.9 Å². The van der Waals surface area contributed by atoms with Crippen molar-refractivity contribution in [2.45, 2.75) is 18.0 Å². The van der Waals surface area contributed by atoms with Crippen LogP contribution in [-0.4, -0.2) is 29.4 Å². The molecule has 4 aromatic rings. The van der Waals surface area contributed by atoms with E-state index in [1.54, 1.807) is 71.6 Å². The molecule has 0 aromatic heterocycles. The SMILES string of the molecule is O=C(c1ccccc1Cl)[C@@H]1[C@H](c2ccccc2F)C2(C(=O)c3ccccc3C2=O)[C@@H]2C=Cc3cc(F)ccc3N12. The molecule has 0 unspecified atom stereocenters. The first kappa shape index (κ1) is 24.6. The van der Waals surface area contributed by atoms with Crippen LogP contribution in [0.3, 0.4) is 0 Å². The number of carbonyl (C=O) groups is 3. The van der Waals surface area contributed by atoms with Crippen LogP contribution >= 0.6 is 11.6 Å². The molecule has 0 amide bonds. The van der Waals surface area contributed by atoms with Gasteiger partial charge in [-0.15, -0.1) is 0 Å². The van der Waals surface area contributed by atoms with Gasteiger partial charge in [-0.25, -0.2) is 8.78 Å². The molecule has 3 aliphatic rings. The second kappa shape index (κ2) is 8.80. The molecule has 40 heavy (non-hydrogen) atoms. The van der Waals surface area contributed by atoms with Crippen molar-refractivity contribution in [1.82, 2.24) is 0 Å². The number of carbonyl (C=O) groups excluding carboxylic acids is 3. The minimum absolute atomic E-state index is 0.0777. The van der Waals surface area contributed by atoms with Crippen LogP contribution in [0.1, 0.15) is 48.1 Å². The molecule has 0 radical (unpaired) electrons. The monoisotopic (exact) mass is 551 g/mol. The number of halogens is 3. The van der Waals surface area contributed by atoms with Crippen LogP contribution in [-0.2, 0) is 0 Å². The zero-order chi connectivity index (χ0) is 27.8. The van der Waals surface area contributed by atoms with E-state index >= 15 is 4.39 Å². The maximum Gasteiger partial charge on any atom is 0.187 e. The van der Waals surface area contributed by atoms with Crippen LogP contribution in [0, 0.1) is 17.0 Å². The van der Waals surface area contributed by atoms with Gasteiger partial charge in [0.1, 0.15) is 23.1 Å². The number of rotatable bonds is 3. The van der Waals surface area contributed by atoms with Crippen LogP contribution in [0.15, 0.2) is 97.1 Å². The third-order valence-corrected chi connectivity index (χ3v) is 8.74. The normalized spacial score (nSPS) is 21.9. The molecular weight excluding hydrogens is 532 g/mol. The highest BCUT2D eigenvalue weighted by atomic mass is 35.5. The maximum absolute atomic E-state index is 15.8. The molecule has 2 aliphatic heterocycles. The lowest BCUT2D eigenvalue weighted by atomic mass is 9.64. The number of hydrogen-bond acceptors (Lipinski definition) is 4. The number of ketones is 3. The highest BCUT2D eigenvalue weighted by Crippen LogP contribution is 2.61. The Morgan fingerprint density at radius 3 is 2.17 bits per heavy atom. The molecule has 3 atom stereocenters. The molecule has 7 heteroatoms. The van der Waals surface area contributed by atoms with E-state index in [1.807, 2.05) is 0 Å². The lowest BCUT2D eigenvalue weighted by Gasteiger charge is -2.37. The fourth-order valence-electron chi connectivity index (χ4n) is 6.84. The van der Waals surface area contributed by atoms with Crippen molar-refractivity contribution in [3.8, 4) is 0 Å². The van der Waals surface area contributed by atoms with Crippen molar-refractivity contribution < 1.29 is 23.2 Å². The van der Waals surface area contributed by atoms with E-state index in [1.165, 1.54) is 36.4 Å². The van der Waals surface area contributed by atoms with E-state index in [0.717, 1.165) is 0 Å². The summed E-state index contributed by atoms with van der Waals surface area (Å²) in [6, 6.07) is 20.9. The first-order chi connectivity index (χ1) is 19.4. The smallest absolute Gasteiger partial charge is 0.187 e. The zero-order valence-electron chi connectivity index (χ0n) is 20.9. The van der Waals surface area contributed by atoms with Gasteiger partial charge in [0.25, 0.3) is 0 Å². The Bertz CT molecular complexity index is 1760. The summed E-state index contributed by atoms with van der Waals surface area (Å²) in [5, 5.41) is 0.191. The molecule has 2 heterocycles. The van der Waals surface area contributed by atoms with Crippen molar-refractivity contribution in [3.63, 3.8) is 0 Å². The quantitative estimate of drug-likeness (QED) is 0.204. The molecule has 4 aromatic carbocycles. The number of hydrogen-bond donors (Lipinski definition) is 0. The summed E-state index contributed by atoms with van der Waals surface area (Å²) in [7, 11) is 0. The average molecular weight is 552 g/mol. The summed E-state index contributed by atoms with van der Waals surface area (Å²) in [5.74, 6) is -3.74. The Morgan fingerprint density at radius 1 is 0.825 bits per heavy atom. The van der Waals surface area contributed by atoms with Gasteiger partial charge in [0.2, 0.25) is 0 Å². The molecule has 1 saturated heterocycles. The van der Waals surface area contributed by atoms with E-state index < -0.39 is 52.4 Å². The van der Waals surface area contributed by atoms with Gasteiger partial charge in [-0.1, -0.05) is 78.4 Å². The molecule has 0 saturated carbocycles. The molecule has 1 spiro atoms. The molecule has 0 N–H and O–H groups in total. The summed E-state index contributed by atoms with van der Waals surface area (Å²) in [4.78, 5) is 45.3. The maximum atomic E-state index is 15.8. The summed E-state index contributed by atoms with van der Waals surface area (Å²) in [6.45, 7) is 0. The van der Waals surface area contributed by atoms with E-state index in [2.05, 4.69) is 0 Å². The van der Waals surface area contributed by atoms with Crippen molar-refractivity contribution in [2.75, 3.05) is 4.90 Å². The van der Waals surface area contributed by atoms with Gasteiger partial charge in [0.05, 0.1) is 11.1 Å². The Labute approximate surface area is 233 Å². The van der Waals surface area contributed by atoms with Gasteiger partial charge in [0.15, 0.2) is 17.3 Å². The second-order valence-electron chi connectivity index (χ2n) is 10.3. The summed E-state index contributed by atoms with van der Waals surface area (Å²) in [6.07, 6.45) is 3.32. The van der Waals surface area contributed by atoms with Crippen LogP contribution in [0.5, 0.6) is 0 Å². The molecule has 7 rings (SSSR count). The third kappa shape index (κ3) is 3.14. The lowest BCUT2D eigenvalue weighted by Crippen LogP contribution is -2.48. The van der Waals surface area contributed by atoms with Crippen LogP contribution < -0.4 is 4.90 Å². The minimum Gasteiger partial charge on any atom is -0.352 e. The van der Waals surface area contributed by atoms with Crippen LogP contribution in [0.2, 0.25) is 5.02 Å². The van der Waals surface area contributed by atoms with Gasteiger partial charge in [-0.3, -0.25) is 14.4 Å². The number of anilines is 1. The molecular formula is C33H20ClF2NO3. The van der Waals surface area contributed by atoms with Gasteiger partial charge in [-0.05, 0) is 42.0 Å². The first-order valence-corrected chi connectivity index (χ1v) is 13.2. The molecule has 1 fully saturated rings. The van der Waals surface area contributed by atoms with Gasteiger partial charge < -0.3 is 4.90 Å². The van der Waals surface area contributed by atoms with Crippen molar-refractivity contribution >= 4 is 40.7 Å². The zero-order valence-corrected chi connectivity index (χ0v) is 21.6. The summed E-state index contributed by atoms with van der Waals surface area (Å²) < 4.78 is 30.1. The van der Waals surface area contributed by atoms with E-state index in [9.17, 15) is 18.8 Å². The van der Waals surface area contributed by atoms with Gasteiger partial charge in [-0.2, -0.15) is 0 Å². The van der Waals surface area contributed by atoms with Crippen molar-refractivity contribution in [2.24, 2.45) is 5.41 Å². The first-order valence-electron chi connectivity index (χ1n) is 12.8. The Kier molecular flexibility index (Phi) is 5.41. The van der Waals surface area contributed by atoms with Gasteiger partial charge >= 0.3 is 0 Å². The van der Waals surface area contributed by atoms with E-state index in [-0.39, 0.29) is 27.3 Å². The molecule has 0 bridgehead atoms. The summed E-state index contributed by atoms with van der Waals surface area (Å²) >= 11 is 6.49. The fraction of sp³-hybridized carbons (Fsp3) is 0.121. The Morgan fingerprint density at radius 2 is 1.48 bits per heavy atom. The third-order valence-electron chi connectivity index (χ3n) is 8.41. The molecule has 1 aliphatic carbocycles. The number of benzene rings is 4. The highest BCUT2D eigenvalue weighted by Gasteiger charge is 2.72. The second-order valence-corrected chi connectivity index (χ2v) is 10.7.